The molecule has 114 valence electrons. The molecule has 0 spiro atoms. The van der Waals surface area contributed by atoms with E-state index in [-0.39, 0.29) is 6.04 Å². The molecule has 0 aliphatic carbocycles. The Kier molecular flexibility index (Phi) is 4.91. The molecule has 1 N–H and O–H groups in total. The largest absolute Gasteiger partial charge is 0.377 e. The standard InChI is InChI=1S/C15H27N3O2/c19-15(14-5-1-2-6-16-14)18-9-7-17(8-10-18)12-13-4-3-11-20-13/h13-14,16H,1-12H2. The first-order valence-electron chi connectivity index (χ1n) is 8.19. The molecule has 0 aromatic heterocycles. The highest BCUT2D eigenvalue weighted by molar-refractivity contribution is 5.82. The molecule has 0 radical (unpaired) electrons. The molecule has 20 heavy (non-hydrogen) atoms. The van der Waals surface area contributed by atoms with Crippen molar-refractivity contribution in [2.24, 2.45) is 0 Å². The zero-order chi connectivity index (χ0) is 13.8. The molecule has 3 heterocycles. The van der Waals surface area contributed by atoms with Gasteiger partial charge in [-0.2, -0.15) is 0 Å². The Morgan fingerprint density at radius 1 is 1.10 bits per heavy atom. The number of nitrogens with zero attached hydrogens (tertiary/aromatic N) is 2. The molecule has 3 rings (SSSR count). The molecule has 2 atom stereocenters. The van der Waals surface area contributed by atoms with Crippen LogP contribution in [0.15, 0.2) is 0 Å². The van der Waals surface area contributed by atoms with E-state index in [1.165, 1.54) is 25.7 Å². The number of hydrogen-bond acceptors (Lipinski definition) is 4. The second-order valence-electron chi connectivity index (χ2n) is 6.26. The quantitative estimate of drug-likeness (QED) is 0.816. The van der Waals surface area contributed by atoms with Crippen molar-refractivity contribution in [2.45, 2.75) is 44.2 Å². The first-order valence-corrected chi connectivity index (χ1v) is 8.19. The average molecular weight is 281 g/mol. The van der Waals surface area contributed by atoms with Crippen molar-refractivity contribution in [3.8, 4) is 0 Å². The molecule has 3 fully saturated rings. The summed E-state index contributed by atoms with van der Waals surface area (Å²) in [6, 6.07) is 0.0773. The zero-order valence-corrected chi connectivity index (χ0v) is 12.4. The molecule has 3 saturated heterocycles. The van der Waals surface area contributed by atoms with Gasteiger partial charge in [-0.05, 0) is 32.2 Å². The number of amides is 1. The van der Waals surface area contributed by atoms with Crippen molar-refractivity contribution < 1.29 is 9.53 Å². The molecule has 0 saturated carbocycles. The Morgan fingerprint density at radius 3 is 2.60 bits per heavy atom. The summed E-state index contributed by atoms with van der Waals surface area (Å²) >= 11 is 0. The number of ether oxygens (including phenoxy) is 1. The second kappa shape index (κ2) is 6.87. The van der Waals surface area contributed by atoms with Gasteiger partial charge in [0.05, 0.1) is 12.1 Å². The van der Waals surface area contributed by atoms with Gasteiger partial charge >= 0.3 is 0 Å². The summed E-state index contributed by atoms with van der Waals surface area (Å²) in [5.74, 6) is 0.321. The first-order chi connectivity index (χ1) is 9.83. The number of nitrogens with one attached hydrogen (secondary N) is 1. The Hall–Kier alpha value is -0.650. The van der Waals surface area contributed by atoms with E-state index in [9.17, 15) is 4.79 Å². The van der Waals surface area contributed by atoms with Crippen LogP contribution < -0.4 is 5.32 Å². The highest BCUT2D eigenvalue weighted by atomic mass is 16.5. The van der Waals surface area contributed by atoms with E-state index < -0.39 is 0 Å². The number of carbonyl (C=O) groups excluding carboxylic acids is 1. The molecule has 3 aliphatic rings. The summed E-state index contributed by atoms with van der Waals surface area (Å²) in [6.07, 6.45) is 6.23. The predicted octanol–water partition coefficient (Wildman–Crippen LogP) is 0.452. The molecule has 0 aromatic rings. The maximum absolute atomic E-state index is 12.4. The van der Waals surface area contributed by atoms with Gasteiger partial charge in [0.2, 0.25) is 5.91 Å². The van der Waals surface area contributed by atoms with Crippen molar-refractivity contribution in [1.29, 1.82) is 0 Å². The number of piperazine rings is 1. The van der Waals surface area contributed by atoms with Gasteiger partial charge in [-0.1, -0.05) is 6.42 Å². The summed E-state index contributed by atoms with van der Waals surface area (Å²) in [6.45, 7) is 6.72. The van der Waals surface area contributed by atoms with E-state index in [2.05, 4.69) is 15.1 Å². The molecule has 5 heteroatoms. The lowest BCUT2D eigenvalue weighted by Crippen LogP contribution is -2.55. The lowest BCUT2D eigenvalue weighted by Gasteiger charge is -2.38. The predicted molar refractivity (Wildman–Crippen MR) is 77.6 cm³/mol. The number of carbonyl (C=O) groups is 1. The minimum absolute atomic E-state index is 0.0773. The molecule has 2 unspecified atom stereocenters. The number of piperidine rings is 1. The molecular formula is C15H27N3O2. The first kappa shape index (κ1) is 14.3. The molecule has 1 amide bonds. The molecule has 5 nitrogen and oxygen atoms in total. The van der Waals surface area contributed by atoms with Crippen LogP contribution in [0.4, 0.5) is 0 Å². The van der Waals surface area contributed by atoms with Gasteiger partial charge in [-0.15, -0.1) is 0 Å². The van der Waals surface area contributed by atoms with Gasteiger partial charge in [0.25, 0.3) is 0 Å². The average Bonchev–Trinajstić information content (AvgIpc) is 3.01. The van der Waals surface area contributed by atoms with E-state index in [0.717, 1.165) is 52.3 Å². The van der Waals surface area contributed by atoms with Crippen molar-refractivity contribution in [2.75, 3.05) is 45.9 Å². The molecule has 0 bridgehead atoms. The highest BCUT2D eigenvalue weighted by Crippen LogP contribution is 2.15. The van der Waals surface area contributed by atoms with Gasteiger partial charge in [-0.25, -0.2) is 0 Å². The van der Waals surface area contributed by atoms with E-state index in [1.807, 2.05) is 0 Å². The maximum atomic E-state index is 12.4. The van der Waals surface area contributed by atoms with E-state index in [0.29, 0.717) is 12.0 Å². The van der Waals surface area contributed by atoms with Crippen LogP contribution in [0.3, 0.4) is 0 Å². The maximum Gasteiger partial charge on any atom is 0.239 e. The monoisotopic (exact) mass is 281 g/mol. The van der Waals surface area contributed by atoms with Crippen LogP contribution in [0, 0.1) is 0 Å². The van der Waals surface area contributed by atoms with Crippen LogP contribution in [0.5, 0.6) is 0 Å². The fourth-order valence-corrected chi connectivity index (χ4v) is 3.51. The minimum Gasteiger partial charge on any atom is -0.377 e. The molecule has 0 aromatic carbocycles. The van der Waals surface area contributed by atoms with Gasteiger partial charge < -0.3 is 15.0 Å². The summed E-state index contributed by atoms with van der Waals surface area (Å²) in [4.78, 5) is 16.9. The van der Waals surface area contributed by atoms with Crippen LogP contribution in [-0.2, 0) is 9.53 Å². The van der Waals surface area contributed by atoms with Crippen LogP contribution >= 0.6 is 0 Å². The van der Waals surface area contributed by atoms with Gasteiger partial charge in [0, 0.05) is 39.3 Å². The van der Waals surface area contributed by atoms with E-state index in [1.54, 1.807) is 0 Å². The normalized spacial score (nSPS) is 32.5. The third-order valence-electron chi connectivity index (χ3n) is 4.78. The number of hydrogen-bond donors (Lipinski definition) is 1. The SMILES string of the molecule is O=C(C1CCCCN1)N1CCN(CC2CCCO2)CC1. The van der Waals surface area contributed by atoms with Crippen LogP contribution in [0.2, 0.25) is 0 Å². The van der Waals surface area contributed by atoms with E-state index >= 15 is 0 Å². The third kappa shape index (κ3) is 3.51. The van der Waals surface area contributed by atoms with Crippen LogP contribution in [0.25, 0.3) is 0 Å². The lowest BCUT2D eigenvalue weighted by molar-refractivity contribution is -0.136. The number of rotatable bonds is 3. The Morgan fingerprint density at radius 2 is 1.95 bits per heavy atom. The van der Waals surface area contributed by atoms with Crippen LogP contribution in [-0.4, -0.2) is 73.7 Å². The third-order valence-corrected chi connectivity index (χ3v) is 4.78. The lowest BCUT2D eigenvalue weighted by atomic mass is 10.0. The van der Waals surface area contributed by atoms with Crippen molar-refractivity contribution >= 4 is 5.91 Å². The van der Waals surface area contributed by atoms with E-state index in [4.69, 9.17) is 4.74 Å². The zero-order valence-electron chi connectivity index (χ0n) is 12.4. The summed E-state index contributed by atoms with van der Waals surface area (Å²) in [5.41, 5.74) is 0. The van der Waals surface area contributed by atoms with Crippen molar-refractivity contribution in [1.82, 2.24) is 15.1 Å². The summed E-state index contributed by atoms with van der Waals surface area (Å²) in [7, 11) is 0. The topological polar surface area (TPSA) is 44.8 Å². The molecular weight excluding hydrogens is 254 g/mol. The molecule has 3 aliphatic heterocycles. The van der Waals surface area contributed by atoms with Gasteiger partial charge in [-0.3, -0.25) is 9.69 Å². The highest BCUT2D eigenvalue weighted by Gasteiger charge is 2.29. The Balaban J connectivity index is 1.41. The van der Waals surface area contributed by atoms with Crippen molar-refractivity contribution in [3.05, 3.63) is 0 Å². The smallest absolute Gasteiger partial charge is 0.239 e. The minimum atomic E-state index is 0.0773. The second-order valence-corrected chi connectivity index (χ2v) is 6.26. The fourth-order valence-electron chi connectivity index (χ4n) is 3.51. The summed E-state index contributed by atoms with van der Waals surface area (Å²) < 4.78 is 5.69. The summed E-state index contributed by atoms with van der Waals surface area (Å²) in [5, 5.41) is 3.36. The van der Waals surface area contributed by atoms with Gasteiger partial charge in [0.1, 0.15) is 0 Å². The van der Waals surface area contributed by atoms with Crippen LogP contribution in [0.1, 0.15) is 32.1 Å². The Labute approximate surface area is 121 Å². The fraction of sp³-hybridized carbons (Fsp3) is 0.933. The van der Waals surface area contributed by atoms with Gasteiger partial charge in [0.15, 0.2) is 0 Å². The van der Waals surface area contributed by atoms with Crippen molar-refractivity contribution in [3.63, 3.8) is 0 Å². The Bertz CT molecular complexity index is 317.